The van der Waals surface area contributed by atoms with E-state index in [1.165, 1.54) is 12.1 Å². The van der Waals surface area contributed by atoms with Crippen LogP contribution in [0.5, 0.6) is 5.75 Å². The van der Waals surface area contributed by atoms with Crippen molar-refractivity contribution in [2.24, 2.45) is 5.92 Å². The van der Waals surface area contributed by atoms with E-state index in [0.717, 1.165) is 0 Å². The number of carbonyl (C=O) groups excluding carboxylic acids is 1. The van der Waals surface area contributed by atoms with E-state index >= 15 is 0 Å². The van der Waals surface area contributed by atoms with Gasteiger partial charge in [-0.05, 0) is 51.2 Å². The highest BCUT2D eigenvalue weighted by atomic mass is 19.1. The fourth-order valence-electron chi connectivity index (χ4n) is 2.43. The molecule has 0 aromatic heterocycles. The predicted octanol–water partition coefficient (Wildman–Crippen LogP) is 3.12. The van der Waals surface area contributed by atoms with Gasteiger partial charge in [0.2, 0.25) is 0 Å². The number of ether oxygens (including phenoxy) is 1. The highest BCUT2D eigenvalue weighted by Crippen LogP contribution is 2.36. The van der Waals surface area contributed by atoms with Gasteiger partial charge in [-0.25, -0.2) is 4.39 Å². The first-order chi connectivity index (χ1) is 11.0. The Morgan fingerprint density at radius 3 is 2.29 bits per heavy atom. The third-order valence-electron chi connectivity index (χ3n) is 4.51. The Bertz CT molecular complexity index is 597. The quantitative estimate of drug-likeness (QED) is 0.749. The number of carbonyl (C=O) groups is 1. The Labute approximate surface area is 143 Å². The fraction of sp³-hybridized carbons (Fsp3) is 0.611. The van der Waals surface area contributed by atoms with Crippen LogP contribution in [0.25, 0.3) is 0 Å². The third kappa shape index (κ3) is 4.17. The highest BCUT2D eigenvalue weighted by Gasteiger charge is 2.51. The lowest BCUT2D eigenvalue weighted by Gasteiger charge is -2.32. The zero-order valence-electron chi connectivity index (χ0n) is 15.3. The molecule has 24 heavy (non-hydrogen) atoms. The van der Waals surface area contributed by atoms with Gasteiger partial charge in [-0.2, -0.15) is 0 Å². The topological polar surface area (TPSA) is 44.8 Å². The maximum atomic E-state index is 14.3. The molecule has 0 amide bonds. The van der Waals surface area contributed by atoms with Crippen molar-refractivity contribution in [1.82, 2.24) is 0 Å². The summed E-state index contributed by atoms with van der Waals surface area (Å²) in [5.74, 6) is -0.247. The number of rotatable bonds is 6. The van der Waals surface area contributed by atoms with Gasteiger partial charge in [-0.15, -0.1) is 0 Å². The van der Waals surface area contributed by atoms with Crippen molar-refractivity contribution < 1.29 is 23.2 Å². The first kappa shape index (κ1) is 18.9. The average Bonchev–Trinajstić information content (AvgIpc) is 2.65. The first-order valence-corrected chi connectivity index (χ1v) is 8.31. The van der Waals surface area contributed by atoms with E-state index in [9.17, 15) is 9.18 Å². The molecule has 0 spiro atoms. The van der Waals surface area contributed by atoms with Crippen LogP contribution in [0, 0.1) is 11.7 Å². The van der Waals surface area contributed by atoms with Crippen LogP contribution < -0.4 is 10.2 Å². The lowest BCUT2D eigenvalue weighted by Crippen LogP contribution is -2.41. The number of halogens is 1. The molecule has 2 rings (SSSR count). The Kier molecular flexibility index (Phi) is 5.40. The summed E-state index contributed by atoms with van der Waals surface area (Å²) in [7, 11) is -0.624. The largest absolute Gasteiger partial charge is 0.494 e. The summed E-state index contributed by atoms with van der Waals surface area (Å²) < 4.78 is 31.4. The van der Waals surface area contributed by atoms with Gasteiger partial charge in [0.25, 0.3) is 0 Å². The molecule has 0 atom stereocenters. The maximum absolute atomic E-state index is 14.3. The summed E-state index contributed by atoms with van der Waals surface area (Å²) >= 11 is 0. The number of hydrogen-bond donors (Lipinski definition) is 0. The Morgan fingerprint density at radius 2 is 1.79 bits per heavy atom. The third-order valence-corrected chi connectivity index (χ3v) is 4.51. The maximum Gasteiger partial charge on any atom is 0.494 e. The molecule has 0 unspecified atom stereocenters. The molecule has 0 bridgehead atoms. The summed E-state index contributed by atoms with van der Waals surface area (Å²) in [6.45, 7) is 11.6. The summed E-state index contributed by atoms with van der Waals surface area (Å²) in [6, 6.07) is 4.55. The van der Waals surface area contributed by atoms with Gasteiger partial charge in [0.1, 0.15) is 6.61 Å². The van der Waals surface area contributed by atoms with Crippen LogP contribution in [0.15, 0.2) is 18.2 Å². The zero-order valence-corrected chi connectivity index (χ0v) is 15.3. The van der Waals surface area contributed by atoms with Crippen LogP contribution in [-0.2, 0) is 14.1 Å². The molecule has 1 fully saturated rings. The minimum atomic E-state index is -0.624. The Morgan fingerprint density at radius 1 is 1.21 bits per heavy atom. The molecule has 1 aliphatic heterocycles. The van der Waals surface area contributed by atoms with Crippen molar-refractivity contribution in [2.45, 2.75) is 59.2 Å². The summed E-state index contributed by atoms with van der Waals surface area (Å²) in [4.78, 5) is 11.7. The van der Waals surface area contributed by atoms with Crippen molar-refractivity contribution in [1.29, 1.82) is 0 Å². The van der Waals surface area contributed by atoms with E-state index in [-0.39, 0.29) is 24.1 Å². The van der Waals surface area contributed by atoms with E-state index < -0.39 is 24.1 Å². The van der Waals surface area contributed by atoms with E-state index in [1.54, 1.807) is 6.07 Å². The molecule has 0 N–H and O–H groups in total. The molecular formula is C18H26BFO4. The molecule has 0 radical (unpaired) electrons. The fourth-order valence-corrected chi connectivity index (χ4v) is 2.43. The SMILES string of the molecule is CC(C)CC(=O)COc1ccc(B2OC(C)(C)C(C)(C)O2)cc1F. The summed E-state index contributed by atoms with van der Waals surface area (Å²) in [5.41, 5.74) is -0.369. The number of hydrogen-bond acceptors (Lipinski definition) is 4. The summed E-state index contributed by atoms with van der Waals surface area (Å²) in [6.07, 6.45) is 0.424. The molecule has 1 aliphatic rings. The molecule has 1 saturated heterocycles. The van der Waals surface area contributed by atoms with Crippen molar-refractivity contribution >= 4 is 18.4 Å². The molecular weight excluding hydrogens is 310 g/mol. The van der Waals surface area contributed by atoms with Crippen molar-refractivity contribution in [3.63, 3.8) is 0 Å². The van der Waals surface area contributed by atoms with E-state index in [2.05, 4.69) is 0 Å². The molecule has 0 aliphatic carbocycles. The monoisotopic (exact) mass is 336 g/mol. The lowest BCUT2D eigenvalue weighted by atomic mass is 9.79. The van der Waals surface area contributed by atoms with Gasteiger partial charge in [-0.3, -0.25) is 4.79 Å². The van der Waals surface area contributed by atoms with Crippen LogP contribution in [0.3, 0.4) is 0 Å². The average molecular weight is 336 g/mol. The smallest absolute Gasteiger partial charge is 0.483 e. The second-order valence-corrected chi connectivity index (χ2v) is 7.70. The number of benzene rings is 1. The van der Waals surface area contributed by atoms with Gasteiger partial charge in [0, 0.05) is 6.42 Å². The van der Waals surface area contributed by atoms with Crippen LogP contribution in [0.1, 0.15) is 48.0 Å². The highest BCUT2D eigenvalue weighted by molar-refractivity contribution is 6.62. The molecule has 6 heteroatoms. The van der Waals surface area contributed by atoms with E-state index in [4.69, 9.17) is 14.0 Å². The second kappa shape index (κ2) is 6.85. The second-order valence-electron chi connectivity index (χ2n) is 7.70. The van der Waals surface area contributed by atoms with E-state index in [1.807, 2.05) is 41.5 Å². The Hall–Kier alpha value is -1.40. The van der Waals surface area contributed by atoms with Crippen LogP contribution in [-0.4, -0.2) is 30.7 Å². The predicted molar refractivity (Wildman–Crippen MR) is 92.1 cm³/mol. The van der Waals surface area contributed by atoms with Crippen LogP contribution in [0.2, 0.25) is 0 Å². The standard InChI is InChI=1S/C18H26BFO4/c1-12(2)9-14(21)11-22-16-8-7-13(10-15(16)20)19-23-17(3,4)18(5,6)24-19/h7-8,10,12H,9,11H2,1-6H3. The molecule has 132 valence electrons. The minimum absolute atomic E-state index is 0.0422. The van der Waals surface area contributed by atoms with E-state index in [0.29, 0.717) is 11.9 Å². The first-order valence-electron chi connectivity index (χ1n) is 8.31. The van der Waals surface area contributed by atoms with Crippen molar-refractivity contribution in [3.8, 4) is 5.75 Å². The molecule has 1 aromatic rings. The molecule has 1 aromatic carbocycles. The lowest BCUT2D eigenvalue weighted by molar-refractivity contribution is -0.121. The van der Waals surface area contributed by atoms with Crippen LogP contribution in [0.4, 0.5) is 4.39 Å². The minimum Gasteiger partial charge on any atom is -0.483 e. The van der Waals surface area contributed by atoms with Gasteiger partial charge in [0.15, 0.2) is 17.3 Å². The zero-order chi connectivity index (χ0) is 18.1. The molecule has 0 saturated carbocycles. The molecule has 1 heterocycles. The van der Waals surface area contributed by atoms with Crippen molar-refractivity contribution in [2.75, 3.05) is 6.61 Å². The normalized spacial score (nSPS) is 18.9. The van der Waals surface area contributed by atoms with Crippen LogP contribution >= 0.6 is 0 Å². The molecule has 4 nitrogen and oxygen atoms in total. The van der Waals surface area contributed by atoms with Crippen molar-refractivity contribution in [3.05, 3.63) is 24.0 Å². The van der Waals surface area contributed by atoms with Gasteiger partial charge < -0.3 is 14.0 Å². The number of ketones is 1. The van der Waals surface area contributed by atoms with Gasteiger partial charge >= 0.3 is 7.12 Å². The Balaban J connectivity index is 2.04. The number of Topliss-reactive ketones (excluding diaryl/α,β-unsaturated/α-hetero) is 1. The van der Waals surface area contributed by atoms with Gasteiger partial charge in [0.05, 0.1) is 11.2 Å². The summed E-state index contributed by atoms with van der Waals surface area (Å²) in [5, 5.41) is 0. The van der Waals surface area contributed by atoms with Gasteiger partial charge in [-0.1, -0.05) is 19.9 Å².